The molecule has 0 aliphatic carbocycles. The number of aryl methyl sites for hydroxylation is 1. The molecule has 0 aromatic heterocycles. The number of benzene rings is 1. The summed E-state index contributed by atoms with van der Waals surface area (Å²) in [6.45, 7) is 4.69. The van der Waals surface area contributed by atoms with E-state index in [1.165, 1.54) is 0 Å². The summed E-state index contributed by atoms with van der Waals surface area (Å²) in [6.07, 6.45) is 1.56. The fourth-order valence-corrected chi connectivity index (χ4v) is 1.34. The number of aliphatic hydroxyl groups is 3. The predicted molar refractivity (Wildman–Crippen MR) is 76.1 cm³/mol. The van der Waals surface area contributed by atoms with E-state index in [1.807, 2.05) is 6.92 Å². The Morgan fingerprint density at radius 3 is 1.80 bits per heavy atom. The van der Waals surface area contributed by atoms with E-state index in [-0.39, 0.29) is 19.8 Å². The molecule has 0 fully saturated rings. The van der Waals surface area contributed by atoms with Crippen molar-refractivity contribution in [1.82, 2.24) is 0 Å². The van der Waals surface area contributed by atoms with E-state index >= 15 is 0 Å². The molecule has 0 amide bonds. The first-order chi connectivity index (χ1) is 9.38. The van der Waals surface area contributed by atoms with Crippen molar-refractivity contribution in [2.45, 2.75) is 20.8 Å². The Hall–Kier alpha value is -1.56. The molecule has 0 aliphatic heterocycles. The molecule has 1 aromatic carbocycles. The van der Waals surface area contributed by atoms with Gasteiger partial charge in [0.2, 0.25) is 0 Å². The SMILES string of the molecule is CC(CO)(CO)CO.Cc1ccc(C=O)c(C)c1C=O. The van der Waals surface area contributed by atoms with Crippen LogP contribution in [-0.4, -0.2) is 47.7 Å². The zero-order valence-electron chi connectivity index (χ0n) is 12.1. The number of rotatable bonds is 5. The van der Waals surface area contributed by atoms with Gasteiger partial charge in [-0.1, -0.05) is 19.1 Å². The molecule has 0 spiro atoms. The van der Waals surface area contributed by atoms with Gasteiger partial charge in [-0.3, -0.25) is 9.59 Å². The lowest BCUT2D eigenvalue weighted by Crippen LogP contribution is -2.29. The van der Waals surface area contributed by atoms with Crippen LogP contribution in [0.15, 0.2) is 12.1 Å². The third-order valence-corrected chi connectivity index (χ3v) is 3.16. The van der Waals surface area contributed by atoms with Gasteiger partial charge in [-0.25, -0.2) is 0 Å². The Labute approximate surface area is 118 Å². The average molecular weight is 282 g/mol. The van der Waals surface area contributed by atoms with Gasteiger partial charge in [0.05, 0.1) is 19.8 Å². The van der Waals surface area contributed by atoms with Crippen LogP contribution in [0.2, 0.25) is 0 Å². The first kappa shape index (κ1) is 18.4. The van der Waals surface area contributed by atoms with Crippen LogP contribution in [0, 0.1) is 19.3 Å². The van der Waals surface area contributed by atoms with Crippen LogP contribution in [0.3, 0.4) is 0 Å². The van der Waals surface area contributed by atoms with Crippen LogP contribution in [0.1, 0.15) is 38.8 Å². The highest BCUT2D eigenvalue weighted by atomic mass is 16.3. The van der Waals surface area contributed by atoms with E-state index < -0.39 is 5.41 Å². The maximum Gasteiger partial charge on any atom is 0.150 e. The Morgan fingerprint density at radius 1 is 1.00 bits per heavy atom. The minimum Gasteiger partial charge on any atom is -0.396 e. The Bertz CT molecular complexity index is 442. The lowest BCUT2D eigenvalue weighted by atomic mass is 9.95. The second kappa shape index (κ2) is 8.58. The maximum atomic E-state index is 10.6. The molecule has 0 radical (unpaired) electrons. The molecule has 112 valence electrons. The fourth-order valence-electron chi connectivity index (χ4n) is 1.34. The summed E-state index contributed by atoms with van der Waals surface area (Å²) in [5, 5.41) is 25.4. The van der Waals surface area contributed by atoms with Crippen LogP contribution < -0.4 is 0 Å². The summed E-state index contributed by atoms with van der Waals surface area (Å²) in [5.41, 5.74) is 2.18. The first-order valence-corrected chi connectivity index (χ1v) is 6.22. The highest BCUT2D eigenvalue weighted by molar-refractivity contribution is 5.86. The smallest absolute Gasteiger partial charge is 0.150 e. The number of aliphatic hydroxyl groups excluding tert-OH is 3. The van der Waals surface area contributed by atoms with E-state index in [0.717, 1.165) is 23.7 Å². The summed E-state index contributed by atoms with van der Waals surface area (Å²) in [6, 6.07) is 3.51. The fraction of sp³-hybridized carbons (Fsp3) is 0.467. The van der Waals surface area contributed by atoms with Gasteiger partial charge in [-0.2, -0.15) is 0 Å². The third kappa shape index (κ3) is 4.85. The third-order valence-electron chi connectivity index (χ3n) is 3.16. The van der Waals surface area contributed by atoms with Gasteiger partial charge in [0.15, 0.2) is 6.29 Å². The molecule has 0 atom stereocenters. The van der Waals surface area contributed by atoms with Crippen LogP contribution in [0.4, 0.5) is 0 Å². The highest BCUT2D eigenvalue weighted by Gasteiger charge is 2.20. The Kier molecular flexibility index (Phi) is 7.91. The van der Waals surface area contributed by atoms with Gasteiger partial charge in [0.1, 0.15) is 6.29 Å². The predicted octanol–water partition coefficient (Wildman–Crippen LogP) is 0.898. The van der Waals surface area contributed by atoms with E-state index in [4.69, 9.17) is 15.3 Å². The number of aldehydes is 2. The minimum absolute atomic E-state index is 0.181. The topological polar surface area (TPSA) is 94.8 Å². The average Bonchev–Trinajstić information content (AvgIpc) is 2.48. The molecule has 0 heterocycles. The monoisotopic (exact) mass is 282 g/mol. The Morgan fingerprint density at radius 2 is 1.50 bits per heavy atom. The summed E-state index contributed by atoms with van der Waals surface area (Å²) < 4.78 is 0. The van der Waals surface area contributed by atoms with Crippen LogP contribution in [0.5, 0.6) is 0 Å². The summed E-state index contributed by atoms with van der Waals surface area (Å²) in [4.78, 5) is 21.1. The number of carbonyl (C=O) groups is 2. The molecule has 5 nitrogen and oxygen atoms in total. The molecule has 1 aromatic rings. The van der Waals surface area contributed by atoms with Gasteiger partial charge >= 0.3 is 0 Å². The van der Waals surface area contributed by atoms with Gasteiger partial charge in [-0.05, 0) is 25.0 Å². The molecular formula is C15H22O5. The number of hydrogen-bond donors (Lipinski definition) is 3. The van der Waals surface area contributed by atoms with Gasteiger partial charge in [0.25, 0.3) is 0 Å². The molecule has 0 bridgehead atoms. The molecule has 1 rings (SSSR count). The second-order valence-electron chi connectivity index (χ2n) is 5.03. The summed E-state index contributed by atoms with van der Waals surface area (Å²) in [7, 11) is 0. The highest BCUT2D eigenvalue weighted by Crippen LogP contribution is 2.14. The van der Waals surface area contributed by atoms with Crippen LogP contribution in [0.25, 0.3) is 0 Å². The van der Waals surface area contributed by atoms with Crippen molar-refractivity contribution in [2.75, 3.05) is 19.8 Å². The summed E-state index contributed by atoms with van der Waals surface area (Å²) in [5.74, 6) is 0. The van der Waals surface area contributed by atoms with Crippen LogP contribution in [-0.2, 0) is 0 Å². The molecule has 3 N–H and O–H groups in total. The van der Waals surface area contributed by atoms with Crippen molar-refractivity contribution in [3.63, 3.8) is 0 Å². The van der Waals surface area contributed by atoms with Crippen molar-refractivity contribution in [3.8, 4) is 0 Å². The van der Waals surface area contributed by atoms with Gasteiger partial charge in [-0.15, -0.1) is 0 Å². The van der Waals surface area contributed by atoms with Crippen molar-refractivity contribution in [2.24, 2.45) is 5.41 Å². The van der Waals surface area contributed by atoms with Crippen LogP contribution >= 0.6 is 0 Å². The molecule has 0 unspecified atom stereocenters. The van der Waals surface area contributed by atoms with Crippen molar-refractivity contribution in [1.29, 1.82) is 0 Å². The second-order valence-corrected chi connectivity index (χ2v) is 5.03. The molecular weight excluding hydrogens is 260 g/mol. The first-order valence-electron chi connectivity index (χ1n) is 6.22. The number of carbonyl (C=O) groups excluding carboxylic acids is 2. The Balaban J connectivity index is 0.000000396. The molecule has 5 heteroatoms. The zero-order chi connectivity index (χ0) is 15.8. The lowest BCUT2D eigenvalue weighted by molar-refractivity contribution is 0.0200. The maximum absolute atomic E-state index is 10.6. The molecule has 20 heavy (non-hydrogen) atoms. The van der Waals surface area contributed by atoms with E-state index in [2.05, 4.69) is 0 Å². The van der Waals surface area contributed by atoms with Crippen molar-refractivity contribution >= 4 is 12.6 Å². The molecule has 0 saturated heterocycles. The molecule has 0 saturated carbocycles. The molecule has 0 aliphatic rings. The lowest BCUT2D eigenvalue weighted by Gasteiger charge is -2.20. The minimum atomic E-state index is -0.708. The normalized spacial score (nSPS) is 10.5. The van der Waals surface area contributed by atoms with E-state index in [1.54, 1.807) is 26.0 Å². The van der Waals surface area contributed by atoms with Crippen molar-refractivity contribution < 1.29 is 24.9 Å². The summed E-state index contributed by atoms with van der Waals surface area (Å²) >= 11 is 0. The number of hydrogen-bond acceptors (Lipinski definition) is 5. The largest absolute Gasteiger partial charge is 0.396 e. The van der Waals surface area contributed by atoms with Gasteiger partial charge < -0.3 is 15.3 Å². The van der Waals surface area contributed by atoms with Crippen molar-refractivity contribution in [3.05, 3.63) is 34.4 Å². The van der Waals surface area contributed by atoms with E-state index in [9.17, 15) is 9.59 Å². The van der Waals surface area contributed by atoms with Gasteiger partial charge in [0, 0.05) is 16.5 Å². The zero-order valence-corrected chi connectivity index (χ0v) is 12.1. The van der Waals surface area contributed by atoms with E-state index in [0.29, 0.717) is 11.1 Å². The standard InChI is InChI=1S/C10H10O2.C5H12O3/c1-7-3-4-9(5-11)8(2)10(7)6-12;1-5(2-6,3-7)4-8/h3-6H,1-2H3;6-8H,2-4H2,1H3. The quantitative estimate of drug-likeness (QED) is 0.697.